The van der Waals surface area contributed by atoms with E-state index in [2.05, 4.69) is 0 Å². The summed E-state index contributed by atoms with van der Waals surface area (Å²) in [5, 5.41) is 45.9. The smallest absolute Gasteiger partial charge is 0.109 e. The molecule has 84 valence electrons. The van der Waals surface area contributed by atoms with E-state index in [1.54, 1.807) is 4.90 Å². The molecule has 0 aliphatic carbocycles. The van der Waals surface area contributed by atoms with E-state index in [1.165, 1.54) is 0 Å². The van der Waals surface area contributed by atoms with Crippen molar-refractivity contribution in [3.8, 4) is 0 Å². The molecule has 0 aromatic rings. The largest absolute Gasteiger partial charge is 0.395 e. The highest BCUT2D eigenvalue weighted by Crippen LogP contribution is 2.18. The summed E-state index contributed by atoms with van der Waals surface area (Å²) in [7, 11) is 0. The summed E-state index contributed by atoms with van der Waals surface area (Å²) >= 11 is 0. The minimum Gasteiger partial charge on any atom is -0.395 e. The number of aliphatic hydroxyl groups excluding tert-OH is 5. The van der Waals surface area contributed by atoms with Gasteiger partial charge >= 0.3 is 0 Å². The fourth-order valence-corrected chi connectivity index (χ4v) is 1.76. The van der Waals surface area contributed by atoms with Crippen LogP contribution in [-0.2, 0) is 0 Å². The molecule has 1 heterocycles. The highest BCUT2D eigenvalue weighted by atomic mass is 16.4. The topological polar surface area (TPSA) is 104 Å². The summed E-state index contributed by atoms with van der Waals surface area (Å²) in [5.74, 6) is 0. The van der Waals surface area contributed by atoms with Gasteiger partial charge < -0.3 is 25.5 Å². The zero-order valence-electron chi connectivity index (χ0n) is 7.82. The first-order valence-corrected chi connectivity index (χ1v) is 4.61. The first kappa shape index (κ1) is 11.8. The van der Waals surface area contributed by atoms with Gasteiger partial charge in [-0.1, -0.05) is 0 Å². The zero-order valence-corrected chi connectivity index (χ0v) is 7.82. The minimum atomic E-state index is -1.23. The van der Waals surface area contributed by atoms with Crippen LogP contribution in [0.3, 0.4) is 0 Å². The van der Waals surface area contributed by atoms with Gasteiger partial charge in [-0.2, -0.15) is 0 Å². The Morgan fingerprint density at radius 3 is 2.21 bits per heavy atom. The maximum Gasteiger partial charge on any atom is 0.109 e. The molecule has 6 heteroatoms. The third-order valence-electron chi connectivity index (χ3n) is 2.60. The fourth-order valence-electron chi connectivity index (χ4n) is 1.76. The maximum atomic E-state index is 9.51. The van der Waals surface area contributed by atoms with Gasteiger partial charge in [0, 0.05) is 13.1 Å². The SMILES string of the molecule is OCCN1C[C@@H](O)[C@@H](O)[C@@H](O)[C@@H]1CO. The summed E-state index contributed by atoms with van der Waals surface area (Å²) < 4.78 is 0. The number of likely N-dealkylation sites (tertiary alicyclic amines) is 1. The molecule has 0 saturated carbocycles. The summed E-state index contributed by atoms with van der Waals surface area (Å²) in [4.78, 5) is 1.56. The number of hydrogen-bond donors (Lipinski definition) is 5. The molecule has 0 aromatic carbocycles. The summed E-state index contributed by atoms with van der Waals surface area (Å²) in [5.41, 5.74) is 0. The van der Waals surface area contributed by atoms with Gasteiger partial charge in [-0.3, -0.25) is 4.90 Å². The molecule has 1 aliphatic rings. The van der Waals surface area contributed by atoms with E-state index in [9.17, 15) is 15.3 Å². The molecule has 4 atom stereocenters. The number of hydrogen-bond acceptors (Lipinski definition) is 6. The van der Waals surface area contributed by atoms with Crippen LogP contribution in [0.2, 0.25) is 0 Å². The van der Waals surface area contributed by atoms with E-state index in [-0.39, 0.29) is 26.3 Å². The highest BCUT2D eigenvalue weighted by molar-refractivity contribution is 4.93. The predicted octanol–water partition coefficient (Wildman–Crippen LogP) is -3.26. The normalized spacial score (nSPS) is 40.1. The molecular formula is C8H17NO5. The number of nitrogens with zero attached hydrogens (tertiary/aromatic N) is 1. The van der Waals surface area contributed by atoms with Crippen molar-refractivity contribution in [1.29, 1.82) is 0 Å². The maximum absolute atomic E-state index is 9.51. The molecule has 6 nitrogen and oxygen atoms in total. The Balaban J connectivity index is 2.66. The summed E-state index contributed by atoms with van der Waals surface area (Å²) in [6.07, 6.45) is -3.46. The van der Waals surface area contributed by atoms with Crippen molar-refractivity contribution in [2.75, 3.05) is 26.3 Å². The van der Waals surface area contributed by atoms with Gasteiger partial charge in [0.1, 0.15) is 12.2 Å². The van der Waals surface area contributed by atoms with Crippen molar-refractivity contribution >= 4 is 0 Å². The monoisotopic (exact) mass is 207 g/mol. The molecule has 5 N–H and O–H groups in total. The third-order valence-corrected chi connectivity index (χ3v) is 2.60. The molecule has 0 amide bonds. The third kappa shape index (κ3) is 2.22. The quantitative estimate of drug-likeness (QED) is 0.333. The second-order valence-electron chi connectivity index (χ2n) is 3.52. The van der Waals surface area contributed by atoms with E-state index < -0.39 is 24.4 Å². The lowest BCUT2D eigenvalue weighted by Gasteiger charge is -2.42. The molecule has 0 spiro atoms. The second-order valence-corrected chi connectivity index (χ2v) is 3.52. The molecule has 0 aromatic heterocycles. The van der Waals surface area contributed by atoms with Gasteiger partial charge in [0.15, 0.2) is 0 Å². The summed E-state index contributed by atoms with van der Waals surface area (Å²) in [6, 6.07) is -0.624. The Morgan fingerprint density at radius 2 is 1.71 bits per heavy atom. The van der Waals surface area contributed by atoms with Crippen LogP contribution in [0.4, 0.5) is 0 Å². The average Bonchev–Trinajstić information content (AvgIpc) is 2.16. The van der Waals surface area contributed by atoms with Crippen molar-refractivity contribution < 1.29 is 25.5 Å². The van der Waals surface area contributed by atoms with Crippen molar-refractivity contribution in [1.82, 2.24) is 4.90 Å². The van der Waals surface area contributed by atoms with E-state index in [0.717, 1.165) is 0 Å². The Morgan fingerprint density at radius 1 is 1.07 bits per heavy atom. The Kier molecular flexibility index (Phi) is 4.24. The highest BCUT2D eigenvalue weighted by Gasteiger charge is 2.40. The van der Waals surface area contributed by atoms with Crippen LogP contribution in [0, 0.1) is 0 Å². The molecule has 1 aliphatic heterocycles. The van der Waals surface area contributed by atoms with Crippen molar-refractivity contribution in [2.45, 2.75) is 24.4 Å². The average molecular weight is 207 g/mol. The van der Waals surface area contributed by atoms with Crippen LogP contribution in [0.25, 0.3) is 0 Å². The van der Waals surface area contributed by atoms with Crippen LogP contribution in [0.15, 0.2) is 0 Å². The Bertz CT molecular complexity index is 179. The molecule has 14 heavy (non-hydrogen) atoms. The molecule has 0 radical (unpaired) electrons. The van der Waals surface area contributed by atoms with Crippen LogP contribution >= 0.6 is 0 Å². The number of aliphatic hydroxyl groups is 5. The van der Waals surface area contributed by atoms with Crippen LogP contribution in [0.1, 0.15) is 0 Å². The zero-order chi connectivity index (χ0) is 10.7. The lowest BCUT2D eigenvalue weighted by molar-refractivity contribution is -0.146. The lowest BCUT2D eigenvalue weighted by atomic mass is 9.94. The van der Waals surface area contributed by atoms with Gasteiger partial charge in [0.25, 0.3) is 0 Å². The standard InChI is InChI=1S/C8H17NO5/c10-2-1-9-3-6(12)8(14)7(13)5(9)4-11/h5-8,10-14H,1-4H2/t5-,6+,7-,8+/m0/s1. The van der Waals surface area contributed by atoms with Crippen molar-refractivity contribution in [2.24, 2.45) is 0 Å². The molecule has 0 unspecified atom stereocenters. The predicted molar refractivity (Wildman–Crippen MR) is 47.6 cm³/mol. The van der Waals surface area contributed by atoms with Gasteiger partial charge in [-0.25, -0.2) is 0 Å². The lowest BCUT2D eigenvalue weighted by Crippen LogP contribution is -2.62. The molecular weight excluding hydrogens is 190 g/mol. The fraction of sp³-hybridized carbons (Fsp3) is 1.00. The molecule has 1 rings (SSSR count). The van der Waals surface area contributed by atoms with Crippen molar-refractivity contribution in [3.05, 3.63) is 0 Å². The van der Waals surface area contributed by atoms with Gasteiger partial charge in [-0.05, 0) is 0 Å². The number of rotatable bonds is 3. The minimum absolute atomic E-state index is 0.119. The van der Waals surface area contributed by atoms with Crippen LogP contribution < -0.4 is 0 Å². The van der Waals surface area contributed by atoms with E-state index in [4.69, 9.17) is 10.2 Å². The van der Waals surface area contributed by atoms with E-state index in [0.29, 0.717) is 0 Å². The van der Waals surface area contributed by atoms with Gasteiger partial charge in [-0.15, -0.1) is 0 Å². The van der Waals surface area contributed by atoms with Crippen LogP contribution in [-0.4, -0.2) is 81.1 Å². The Labute approximate surface area is 82.0 Å². The second kappa shape index (κ2) is 5.01. The molecule has 1 fully saturated rings. The number of piperidine rings is 1. The van der Waals surface area contributed by atoms with Gasteiger partial charge in [0.05, 0.1) is 25.4 Å². The molecule has 1 saturated heterocycles. The first-order chi connectivity index (χ1) is 6.61. The number of β-amino-alcohol motifs (C(OH)–C–C–N with tert-alkyl or cyclic N) is 2. The van der Waals surface area contributed by atoms with Gasteiger partial charge in [0.2, 0.25) is 0 Å². The van der Waals surface area contributed by atoms with E-state index >= 15 is 0 Å². The molecule has 0 bridgehead atoms. The first-order valence-electron chi connectivity index (χ1n) is 4.61. The van der Waals surface area contributed by atoms with Crippen molar-refractivity contribution in [3.63, 3.8) is 0 Å². The summed E-state index contributed by atoms with van der Waals surface area (Å²) in [6.45, 7) is -0.0347. The van der Waals surface area contributed by atoms with Crippen LogP contribution in [0.5, 0.6) is 0 Å². The van der Waals surface area contributed by atoms with E-state index in [1.807, 2.05) is 0 Å². The Hall–Kier alpha value is -0.240.